The first-order valence-corrected chi connectivity index (χ1v) is 6.59. The molecule has 0 aliphatic heterocycles. The van der Waals surface area contributed by atoms with Gasteiger partial charge >= 0.3 is 0 Å². The second-order valence-electron chi connectivity index (χ2n) is 4.35. The lowest BCUT2D eigenvalue weighted by atomic mass is 10.1. The minimum atomic E-state index is 0.367. The van der Waals surface area contributed by atoms with Crippen molar-refractivity contribution < 1.29 is 4.74 Å². The topological polar surface area (TPSA) is 22.1 Å². The molecule has 0 aromatic carbocycles. The molecule has 1 aromatic rings. The molecule has 88 valence electrons. The van der Waals surface area contributed by atoms with Crippen molar-refractivity contribution in [1.82, 2.24) is 4.98 Å². The second kappa shape index (κ2) is 6.09. The average Bonchev–Trinajstić information content (AvgIpc) is 2.58. The van der Waals surface area contributed by atoms with Crippen LogP contribution in [-0.2, 0) is 5.88 Å². The zero-order valence-corrected chi connectivity index (χ0v) is 10.2. The zero-order valence-electron chi connectivity index (χ0n) is 9.49. The van der Waals surface area contributed by atoms with Gasteiger partial charge in [0.15, 0.2) is 0 Å². The van der Waals surface area contributed by atoms with Gasteiger partial charge in [0.05, 0.1) is 12.0 Å². The number of rotatable bonds is 3. The van der Waals surface area contributed by atoms with Crippen LogP contribution in [0.3, 0.4) is 0 Å². The van der Waals surface area contributed by atoms with Crippen molar-refractivity contribution in [3.05, 3.63) is 24.0 Å². The minimum Gasteiger partial charge on any atom is -0.490 e. The molecular weight excluding hydrogens is 222 g/mol. The highest BCUT2D eigenvalue weighted by molar-refractivity contribution is 6.17. The van der Waals surface area contributed by atoms with Crippen molar-refractivity contribution >= 4 is 11.6 Å². The Bertz CT molecular complexity index is 321. The monoisotopic (exact) mass is 239 g/mol. The van der Waals surface area contributed by atoms with Gasteiger partial charge in [-0.15, -0.1) is 11.6 Å². The highest BCUT2D eigenvalue weighted by Crippen LogP contribution is 2.25. The highest BCUT2D eigenvalue weighted by atomic mass is 35.5. The van der Waals surface area contributed by atoms with Crippen LogP contribution in [0, 0.1) is 0 Å². The third-order valence-electron chi connectivity index (χ3n) is 3.10. The molecule has 1 aliphatic carbocycles. The van der Waals surface area contributed by atoms with Crippen molar-refractivity contribution in [2.75, 3.05) is 0 Å². The van der Waals surface area contributed by atoms with Crippen LogP contribution >= 0.6 is 11.6 Å². The van der Waals surface area contributed by atoms with Crippen LogP contribution in [-0.4, -0.2) is 11.1 Å². The van der Waals surface area contributed by atoms with Gasteiger partial charge in [0.2, 0.25) is 0 Å². The maximum absolute atomic E-state index is 6.03. The Morgan fingerprint density at radius 2 is 2.00 bits per heavy atom. The van der Waals surface area contributed by atoms with Crippen molar-refractivity contribution in [2.24, 2.45) is 0 Å². The van der Waals surface area contributed by atoms with E-state index in [2.05, 4.69) is 4.98 Å². The number of aromatic nitrogens is 1. The summed E-state index contributed by atoms with van der Waals surface area (Å²) >= 11 is 5.86. The first kappa shape index (κ1) is 11.7. The Balaban J connectivity index is 2.01. The summed E-state index contributed by atoms with van der Waals surface area (Å²) in [6.45, 7) is 0. The standard InChI is InChI=1S/C13H18ClNO/c14-9-11-10-15-8-7-13(11)16-12-5-3-1-2-4-6-12/h7-8,10,12H,1-6,9H2. The van der Waals surface area contributed by atoms with Gasteiger partial charge in [-0.2, -0.15) is 0 Å². The summed E-state index contributed by atoms with van der Waals surface area (Å²) in [7, 11) is 0. The fourth-order valence-corrected chi connectivity index (χ4v) is 2.37. The van der Waals surface area contributed by atoms with E-state index in [0.717, 1.165) is 11.3 Å². The summed E-state index contributed by atoms with van der Waals surface area (Å²) in [5.74, 6) is 1.38. The molecule has 0 saturated heterocycles. The molecule has 1 aliphatic rings. The Morgan fingerprint density at radius 1 is 1.25 bits per heavy atom. The van der Waals surface area contributed by atoms with Gasteiger partial charge in [-0.3, -0.25) is 4.98 Å². The molecule has 1 aromatic heterocycles. The fourth-order valence-electron chi connectivity index (χ4n) is 2.17. The molecule has 0 spiro atoms. The van der Waals surface area contributed by atoms with E-state index in [0.29, 0.717) is 12.0 Å². The first-order chi connectivity index (χ1) is 7.90. The molecule has 0 atom stereocenters. The number of hydrogen-bond donors (Lipinski definition) is 0. The SMILES string of the molecule is ClCc1cnccc1OC1CCCCCC1. The molecular formula is C13H18ClNO. The Labute approximate surface area is 102 Å². The lowest BCUT2D eigenvalue weighted by molar-refractivity contribution is 0.182. The van der Waals surface area contributed by atoms with E-state index in [4.69, 9.17) is 16.3 Å². The normalized spacial score (nSPS) is 18.1. The van der Waals surface area contributed by atoms with Gasteiger partial charge in [0, 0.05) is 18.0 Å². The smallest absolute Gasteiger partial charge is 0.127 e. The summed E-state index contributed by atoms with van der Waals surface area (Å²) in [6.07, 6.45) is 11.5. The van der Waals surface area contributed by atoms with E-state index >= 15 is 0 Å². The van der Waals surface area contributed by atoms with E-state index in [1.54, 1.807) is 12.4 Å². The van der Waals surface area contributed by atoms with Crippen LogP contribution in [0.2, 0.25) is 0 Å². The van der Waals surface area contributed by atoms with Gasteiger partial charge < -0.3 is 4.74 Å². The predicted molar refractivity (Wildman–Crippen MR) is 65.9 cm³/mol. The van der Waals surface area contributed by atoms with Crippen molar-refractivity contribution in [2.45, 2.75) is 50.5 Å². The fraction of sp³-hybridized carbons (Fsp3) is 0.615. The lowest BCUT2D eigenvalue weighted by Crippen LogP contribution is -2.15. The molecule has 0 radical (unpaired) electrons. The van der Waals surface area contributed by atoms with Crippen molar-refractivity contribution in [1.29, 1.82) is 0 Å². The quantitative estimate of drug-likeness (QED) is 0.589. The van der Waals surface area contributed by atoms with Gasteiger partial charge in [-0.25, -0.2) is 0 Å². The van der Waals surface area contributed by atoms with E-state index in [1.807, 2.05) is 6.07 Å². The third kappa shape index (κ3) is 3.11. The molecule has 1 fully saturated rings. The molecule has 16 heavy (non-hydrogen) atoms. The Morgan fingerprint density at radius 3 is 2.69 bits per heavy atom. The van der Waals surface area contributed by atoms with Crippen molar-refractivity contribution in [3.63, 3.8) is 0 Å². The van der Waals surface area contributed by atoms with Crippen LogP contribution in [0.25, 0.3) is 0 Å². The van der Waals surface area contributed by atoms with E-state index in [1.165, 1.54) is 38.5 Å². The molecule has 3 heteroatoms. The van der Waals surface area contributed by atoms with Crippen LogP contribution in [0.1, 0.15) is 44.1 Å². The largest absolute Gasteiger partial charge is 0.490 e. The number of nitrogens with zero attached hydrogens (tertiary/aromatic N) is 1. The Kier molecular flexibility index (Phi) is 4.46. The molecule has 0 N–H and O–H groups in total. The zero-order chi connectivity index (χ0) is 11.2. The molecule has 1 saturated carbocycles. The Hall–Kier alpha value is -0.760. The predicted octanol–water partition coefficient (Wildman–Crippen LogP) is 3.92. The van der Waals surface area contributed by atoms with E-state index in [-0.39, 0.29) is 0 Å². The maximum atomic E-state index is 6.03. The third-order valence-corrected chi connectivity index (χ3v) is 3.39. The van der Waals surface area contributed by atoms with E-state index < -0.39 is 0 Å². The van der Waals surface area contributed by atoms with Crippen molar-refractivity contribution in [3.8, 4) is 5.75 Å². The van der Waals surface area contributed by atoms with E-state index in [9.17, 15) is 0 Å². The molecule has 0 amide bonds. The number of halogens is 1. The molecule has 2 nitrogen and oxygen atoms in total. The minimum absolute atomic E-state index is 0.367. The summed E-state index contributed by atoms with van der Waals surface area (Å²) < 4.78 is 6.03. The molecule has 0 unspecified atom stereocenters. The summed E-state index contributed by atoms with van der Waals surface area (Å²) in [6, 6.07) is 1.92. The second-order valence-corrected chi connectivity index (χ2v) is 4.62. The van der Waals surface area contributed by atoms with Crippen LogP contribution < -0.4 is 4.74 Å². The van der Waals surface area contributed by atoms with Gasteiger partial charge in [-0.1, -0.05) is 12.8 Å². The first-order valence-electron chi connectivity index (χ1n) is 6.05. The number of hydrogen-bond acceptors (Lipinski definition) is 2. The van der Waals surface area contributed by atoms with Crippen LogP contribution in [0.5, 0.6) is 5.75 Å². The summed E-state index contributed by atoms with van der Waals surface area (Å²) in [4.78, 5) is 4.06. The van der Waals surface area contributed by atoms with Gasteiger partial charge in [-0.05, 0) is 31.7 Å². The highest BCUT2D eigenvalue weighted by Gasteiger charge is 2.15. The summed E-state index contributed by atoms with van der Waals surface area (Å²) in [5, 5.41) is 0. The molecule has 0 bridgehead atoms. The number of alkyl halides is 1. The van der Waals surface area contributed by atoms with Crippen LogP contribution in [0.15, 0.2) is 18.5 Å². The number of ether oxygens (including phenoxy) is 1. The molecule has 1 heterocycles. The maximum Gasteiger partial charge on any atom is 0.127 e. The summed E-state index contributed by atoms with van der Waals surface area (Å²) in [5.41, 5.74) is 0.994. The number of pyridine rings is 1. The molecule has 2 rings (SSSR count). The van der Waals surface area contributed by atoms with Gasteiger partial charge in [0.1, 0.15) is 5.75 Å². The van der Waals surface area contributed by atoms with Crippen LogP contribution in [0.4, 0.5) is 0 Å². The lowest BCUT2D eigenvalue weighted by Gasteiger charge is -2.18. The van der Waals surface area contributed by atoms with Gasteiger partial charge in [0.25, 0.3) is 0 Å². The average molecular weight is 240 g/mol.